The zero-order chi connectivity index (χ0) is 35.6. The molecule has 4 fully saturated rings. The van der Waals surface area contributed by atoms with Crippen LogP contribution >= 0.6 is 12.6 Å². The monoisotopic (exact) mass is 703 g/mol. The van der Waals surface area contributed by atoms with Gasteiger partial charge in [-0.1, -0.05) is 66.0 Å². The fourth-order valence-corrected chi connectivity index (χ4v) is 11.9. The number of aliphatic imine (C=N–C) groups is 1. The van der Waals surface area contributed by atoms with Gasteiger partial charge in [-0.25, -0.2) is 5.06 Å². The molecule has 4 aliphatic carbocycles. The Morgan fingerprint density at radius 3 is 2.53 bits per heavy atom. The molecule has 1 aliphatic heterocycles. The number of allylic oxidation sites excluding steroid dienone is 1. The molecular weight excluding hydrogens is 635 g/mol. The number of fused-ring (bicyclic) bond motifs is 5. The Balaban J connectivity index is 1.16. The smallest absolute Gasteiger partial charge is 0.233 e. The number of nitrogens with two attached hydrogens (primary N) is 1. The van der Waals surface area contributed by atoms with Crippen LogP contribution in [0.5, 0.6) is 0 Å². The lowest BCUT2D eigenvalue weighted by Crippen LogP contribution is -2.63. The van der Waals surface area contributed by atoms with Crippen LogP contribution in [0, 0.1) is 46.3 Å². The Labute approximate surface area is 302 Å². The third-order valence-corrected chi connectivity index (χ3v) is 15.0. The van der Waals surface area contributed by atoms with Gasteiger partial charge in [-0.3, -0.25) is 14.6 Å². The highest BCUT2D eigenvalue weighted by Crippen LogP contribution is 2.69. The number of unbranched alkanes of at least 4 members (excludes halogenated alkanes) is 1. The van der Waals surface area contributed by atoms with Gasteiger partial charge in [0.05, 0.1) is 29.4 Å². The normalized spacial score (nSPS) is 42.7. The molecule has 5 rings (SSSR count). The summed E-state index contributed by atoms with van der Waals surface area (Å²) in [5, 5.41) is 21.3. The molecular formula is C40H69N3O5S. The lowest BCUT2D eigenvalue weighted by atomic mass is 9.43. The van der Waals surface area contributed by atoms with Crippen LogP contribution in [0.3, 0.4) is 0 Å². The molecule has 1 amide bonds. The van der Waals surface area contributed by atoms with Crippen LogP contribution in [0.2, 0.25) is 0 Å². The van der Waals surface area contributed by atoms with Gasteiger partial charge in [0.1, 0.15) is 11.7 Å². The zero-order valence-corrected chi connectivity index (χ0v) is 32.3. The van der Waals surface area contributed by atoms with E-state index in [-0.39, 0.29) is 11.0 Å². The second kappa shape index (κ2) is 16.3. The minimum atomic E-state index is -0.971. The van der Waals surface area contributed by atoms with Crippen molar-refractivity contribution in [2.75, 3.05) is 13.1 Å². The summed E-state index contributed by atoms with van der Waals surface area (Å²) in [5.41, 5.74) is 6.34. The van der Waals surface area contributed by atoms with Crippen molar-refractivity contribution in [3.63, 3.8) is 0 Å². The summed E-state index contributed by atoms with van der Waals surface area (Å²) in [6.45, 7) is 15.2. The molecule has 0 aromatic heterocycles. The second-order valence-corrected chi connectivity index (χ2v) is 18.3. The molecule has 4 N–H and O–H groups in total. The summed E-state index contributed by atoms with van der Waals surface area (Å²) in [7, 11) is 0. The molecule has 0 aromatic carbocycles. The summed E-state index contributed by atoms with van der Waals surface area (Å²) >= 11 is 4.44. The molecule has 49 heavy (non-hydrogen) atoms. The van der Waals surface area contributed by atoms with E-state index in [9.17, 15) is 15.0 Å². The Morgan fingerprint density at radius 2 is 1.80 bits per heavy atom. The number of hydroxylamine groups is 2. The highest BCUT2D eigenvalue weighted by Gasteiger charge is 2.65. The van der Waals surface area contributed by atoms with E-state index in [2.05, 4.69) is 64.4 Å². The van der Waals surface area contributed by atoms with E-state index in [0.29, 0.717) is 36.7 Å². The average Bonchev–Trinajstić information content (AvgIpc) is 3.42. The van der Waals surface area contributed by atoms with Crippen LogP contribution in [-0.2, 0) is 14.4 Å². The predicted molar refractivity (Wildman–Crippen MR) is 200 cm³/mol. The molecule has 3 saturated carbocycles. The second-order valence-electron chi connectivity index (χ2n) is 17.7. The van der Waals surface area contributed by atoms with Crippen LogP contribution < -0.4 is 5.73 Å². The van der Waals surface area contributed by atoms with Gasteiger partial charge in [-0.15, -0.1) is 0 Å². The number of hydrogen-bond donors (Lipinski definition) is 4. The highest BCUT2D eigenvalue weighted by atomic mass is 32.1. The summed E-state index contributed by atoms with van der Waals surface area (Å²) in [4.78, 5) is 23.8. The number of aliphatic hydroxyl groups is 2. The van der Waals surface area contributed by atoms with Gasteiger partial charge in [0.25, 0.3) is 0 Å². The van der Waals surface area contributed by atoms with Gasteiger partial charge in [-0.05, 0) is 112 Å². The number of amidine groups is 1. The van der Waals surface area contributed by atoms with Crippen molar-refractivity contribution in [1.82, 2.24) is 5.06 Å². The maximum Gasteiger partial charge on any atom is 0.233 e. The Kier molecular flexibility index (Phi) is 13.0. The molecule has 5 unspecified atom stereocenters. The Morgan fingerprint density at radius 1 is 1.04 bits per heavy atom. The van der Waals surface area contributed by atoms with Crippen molar-refractivity contribution in [1.29, 1.82) is 0 Å². The fraction of sp³-hybridized carbons (Fsp3) is 0.900. The molecule has 9 heteroatoms. The minimum absolute atomic E-state index is 0.0140. The quantitative estimate of drug-likeness (QED) is 0.0275. The molecule has 0 aromatic rings. The number of carbonyl (C=O) groups is 1. The van der Waals surface area contributed by atoms with Crippen LogP contribution in [-0.4, -0.2) is 75.9 Å². The van der Waals surface area contributed by atoms with Crippen LogP contribution in [0.15, 0.2) is 17.1 Å². The highest BCUT2D eigenvalue weighted by molar-refractivity contribution is 7.81. The lowest BCUT2D eigenvalue weighted by molar-refractivity contribution is -0.301. The minimum Gasteiger partial charge on any atom is -0.389 e. The van der Waals surface area contributed by atoms with E-state index in [1.54, 1.807) is 12.0 Å². The van der Waals surface area contributed by atoms with Crippen molar-refractivity contribution in [3.05, 3.63) is 12.2 Å². The van der Waals surface area contributed by atoms with E-state index < -0.39 is 29.7 Å². The number of thiol groups is 1. The standard InChI is InChI=1S/C40H69N3O5S/c1-26(2)12-11-13-27(3)30-14-15-31-29-16-21-40(19-8-7-18-39(40,6)32(29)17-20-38(30,31)5)48-43(25-44)23-10-9-22-42-34(41)24-33-37(49)36(46)35(45)28(4)47-33/h7-8,25-33,35-37,45-46,49H,9-24H2,1-6H3,(H2,41,42)/t27-,28+,29?,30-,31?,32?,33?,35-,36-,37-,38-,39-,40?/m1/s1. The number of carbonyl (C=O) groups excluding carboxylic acids is 1. The van der Waals surface area contributed by atoms with E-state index in [4.69, 9.17) is 15.3 Å². The van der Waals surface area contributed by atoms with Crippen LogP contribution in [0.25, 0.3) is 0 Å². The van der Waals surface area contributed by atoms with Crippen molar-refractivity contribution < 1.29 is 24.6 Å². The molecule has 0 spiro atoms. The van der Waals surface area contributed by atoms with Gasteiger partial charge in [0.15, 0.2) is 0 Å². The SMILES string of the molecule is CC(C)CCC[C@@H](C)[C@H]1CCC2C3CCC4(ON(C=O)CCCCN=C(N)CC5O[C@@H](C)[C@@H](O)[C@@H](O)[C@@H]5S)CC=CC[C@]4(C)C3CC[C@@]21C. The third kappa shape index (κ3) is 7.96. The van der Waals surface area contributed by atoms with E-state index in [0.717, 1.165) is 68.1 Å². The summed E-state index contributed by atoms with van der Waals surface area (Å²) < 4.78 is 5.83. The maximum atomic E-state index is 12.4. The molecule has 0 radical (unpaired) electrons. The van der Waals surface area contributed by atoms with Gasteiger partial charge < -0.3 is 20.7 Å². The Bertz CT molecular complexity index is 1170. The first kappa shape index (κ1) is 39.1. The summed E-state index contributed by atoms with van der Waals surface area (Å²) in [5.74, 6) is 5.09. The van der Waals surface area contributed by atoms with E-state index in [1.165, 1.54) is 51.4 Å². The first-order valence-corrected chi connectivity index (χ1v) is 20.3. The van der Waals surface area contributed by atoms with Crippen molar-refractivity contribution in [2.45, 2.75) is 167 Å². The molecule has 13 atom stereocenters. The number of ether oxygens (including phenoxy) is 1. The number of nitrogens with zero attached hydrogens (tertiary/aromatic N) is 2. The summed E-state index contributed by atoms with van der Waals surface area (Å²) in [6, 6.07) is 0. The number of hydrogen-bond acceptors (Lipinski definition) is 7. The molecule has 5 aliphatic rings. The molecule has 8 nitrogen and oxygen atoms in total. The van der Waals surface area contributed by atoms with E-state index >= 15 is 0 Å². The lowest BCUT2D eigenvalue weighted by Gasteiger charge is -2.64. The van der Waals surface area contributed by atoms with Crippen molar-refractivity contribution >= 4 is 24.9 Å². The fourth-order valence-electron chi connectivity index (χ4n) is 11.5. The predicted octanol–water partition coefficient (Wildman–Crippen LogP) is 7.12. The van der Waals surface area contributed by atoms with Crippen LogP contribution in [0.1, 0.15) is 131 Å². The maximum absolute atomic E-state index is 12.4. The third-order valence-electron chi connectivity index (χ3n) is 14.4. The zero-order valence-electron chi connectivity index (χ0n) is 31.4. The van der Waals surface area contributed by atoms with Gasteiger partial charge in [-0.2, -0.15) is 12.6 Å². The first-order chi connectivity index (χ1) is 23.3. The number of amides is 1. The van der Waals surface area contributed by atoms with Crippen LogP contribution in [0.4, 0.5) is 0 Å². The molecule has 0 bridgehead atoms. The van der Waals surface area contributed by atoms with Crippen molar-refractivity contribution in [3.8, 4) is 0 Å². The van der Waals surface area contributed by atoms with Gasteiger partial charge >= 0.3 is 0 Å². The summed E-state index contributed by atoms with van der Waals surface area (Å²) in [6.07, 6.45) is 18.2. The van der Waals surface area contributed by atoms with Crippen molar-refractivity contribution in [2.24, 2.45) is 57.1 Å². The first-order valence-electron chi connectivity index (χ1n) is 19.8. The molecule has 1 heterocycles. The Hall–Kier alpha value is -1.13. The average molecular weight is 704 g/mol. The van der Waals surface area contributed by atoms with E-state index in [1.807, 2.05) is 0 Å². The number of aliphatic hydroxyl groups excluding tert-OH is 2. The number of rotatable bonds is 15. The largest absolute Gasteiger partial charge is 0.389 e. The molecule has 280 valence electrons. The van der Waals surface area contributed by atoms with Gasteiger partial charge in [0.2, 0.25) is 6.41 Å². The molecule has 1 saturated heterocycles. The topological polar surface area (TPSA) is 118 Å². The van der Waals surface area contributed by atoms with Gasteiger partial charge in [0, 0.05) is 24.9 Å².